The van der Waals surface area contributed by atoms with Gasteiger partial charge in [-0.2, -0.15) is 0 Å². The molecule has 4 heteroatoms. The summed E-state index contributed by atoms with van der Waals surface area (Å²) < 4.78 is 0. The predicted octanol–water partition coefficient (Wildman–Crippen LogP) is 4.35. The molecule has 0 N–H and O–H groups in total. The lowest BCUT2D eigenvalue weighted by Crippen LogP contribution is -2.52. The topological polar surface area (TPSA) is 51.2 Å². The Hall–Kier alpha value is -0.900. The van der Waals surface area contributed by atoms with Crippen molar-refractivity contribution in [1.82, 2.24) is 0 Å². The maximum Gasteiger partial charge on any atom is 0.185 e. The second kappa shape index (κ2) is 6.07. The van der Waals surface area contributed by atoms with Crippen LogP contribution in [0.3, 0.4) is 0 Å². The van der Waals surface area contributed by atoms with Gasteiger partial charge in [0.15, 0.2) is 10.9 Å². The molecule has 4 rings (SSSR count). The van der Waals surface area contributed by atoms with Crippen molar-refractivity contribution < 1.29 is 14.4 Å². The maximum absolute atomic E-state index is 12.5. The Morgan fingerprint density at radius 3 is 2.68 bits per heavy atom. The molecule has 0 amide bonds. The minimum absolute atomic E-state index is 0.0140. The molecular weight excluding hydrogens is 332 g/mol. The van der Waals surface area contributed by atoms with Gasteiger partial charge in [0.1, 0.15) is 5.78 Å². The first-order valence-electron chi connectivity index (χ1n) is 9.77. The summed E-state index contributed by atoms with van der Waals surface area (Å²) >= 11 is 1.44. The smallest absolute Gasteiger partial charge is 0.185 e. The van der Waals surface area contributed by atoms with Crippen molar-refractivity contribution in [2.75, 3.05) is 5.75 Å². The molecule has 4 aliphatic carbocycles. The Bertz CT molecular complexity index is 666. The Morgan fingerprint density at radius 2 is 1.92 bits per heavy atom. The molecule has 0 radical (unpaired) electrons. The van der Waals surface area contributed by atoms with Gasteiger partial charge in [0.2, 0.25) is 0 Å². The molecule has 25 heavy (non-hydrogen) atoms. The zero-order valence-electron chi connectivity index (χ0n) is 15.3. The van der Waals surface area contributed by atoms with Crippen LogP contribution in [0.25, 0.3) is 0 Å². The maximum atomic E-state index is 12.5. The van der Waals surface area contributed by atoms with Crippen LogP contribution in [0.2, 0.25) is 0 Å². The first-order valence-corrected chi connectivity index (χ1v) is 10.8. The highest BCUT2D eigenvalue weighted by atomic mass is 32.2. The molecule has 3 fully saturated rings. The van der Waals surface area contributed by atoms with Crippen molar-refractivity contribution in [1.29, 1.82) is 0 Å². The number of hydrogen-bond donors (Lipinski definition) is 0. The van der Waals surface area contributed by atoms with Crippen LogP contribution in [-0.2, 0) is 14.4 Å². The number of rotatable bonds is 2. The largest absolute Gasteiger partial charge is 0.299 e. The number of carbonyl (C=O) groups is 3. The molecule has 0 heterocycles. The minimum Gasteiger partial charge on any atom is -0.299 e. The molecule has 0 bridgehead atoms. The van der Waals surface area contributed by atoms with Gasteiger partial charge in [0, 0.05) is 36.3 Å². The fourth-order valence-corrected chi connectivity index (χ4v) is 7.64. The second-order valence-corrected chi connectivity index (χ2v) is 10.1. The molecule has 136 valence electrons. The summed E-state index contributed by atoms with van der Waals surface area (Å²) in [5.74, 6) is 3.19. The van der Waals surface area contributed by atoms with Crippen molar-refractivity contribution in [3.63, 3.8) is 0 Å². The summed E-state index contributed by atoms with van der Waals surface area (Å²) in [5.41, 5.74) is 1.22. The number of thioether (sulfide) groups is 1. The molecule has 0 aliphatic heterocycles. The van der Waals surface area contributed by atoms with E-state index in [4.69, 9.17) is 0 Å². The lowest BCUT2D eigenvalue weighted by Gasteiger charge is -2.57. The van der Waals surface area contributed by atoms with Gasteiger partial charge in [0.05, 0.1) is 0 Å². The van der Waals surface area contributed by atoms with Gasteiger partial charge in [-0.3, -0.25) is 14.4 Å². The molecule has 0 unspecified atom stereocenters. The molecule has 4 aliphatic rings. The summed E-state index contributed by atoms with van der Waals surface area (Å²) in [4.78, 5) is 36.3. The monoisotopic (exact) mass is 360 g/mol. The fraction of sp³-hybridized carbons (Fsp3) is 0.762. The molecule has 3 saturated carbocycles. The summed E-state index contributed by atoms with van der Waals surface area (Å²) in [6.45, 7) is 3.85. The lowest BCUT2D eigenvalue weighted by atomic mass is 9.47. The number of hydrogen-bond acceptors (Lipinski definition) is 4. The van der Waals surface area contributed by atoms with Crippen LogP contribution in [0.4, 0.5) is 0 Å². The summed E-state index contributed by atoms with van der Waals surface area (Å²) in [7, 11) is 0. The standard InChI is InChI=1S/C21H28O3S/c1-13(22)25-12-21-10-7-15(23)11-14(21)3-4-16-17-5-6-19(24)20(17,2)9-8-18(16)21/h11,16-18H,3-10,12H2,1-2H3/t16-,17-,18-,20-,21+/m0/s1. The van der Waals surface area contributed by atoms with Gasteiger partial charge in [-0.25, -0.2) is 0 Å². The number of ketones is 2. The van der Waals surface area contributed by atoms with Gasteiger partial charge in [-0.15, -0.1) is 0 Å². The lowest BCUT2D eigenvalue weighted by molar-refractivity contribution is -0.132. The van der Waals surface area contributed by atoms with Crippen LogP contribution in [-0.4, -0.2) is 22.4 Å². The average molecular weight is 361 g/mol. The van der Waals surface area contributed by atoms with E-state index in [2.05, 4.69) is 6.92 Å². The summed E-state index contributed by atoms with van der Waals surface area (Å²) in [6.07, 6.45) is 9.39. The third-order valence-electron chi connectivity index (χ3n) is 7.93. The van der Waals surface area contributed by atoms with Crippen LogP contribution < -0.4 is 0 Å². The highest BCUT2D eigenvalue weighted by Gasteiger charge is 2.60. The average Bonchev–Trinajstić information content (AvgIpc) is 2.88. The quantitative estimate of drug-likeness (QED) is 0.735. The zero-order chi connectivity index (χ0) is 17.8. The molecule has 0 spiro atoms. The Kier molecular flexibility index (Phi) is 4.25. The molecule has 0 aromatic carbocycles. The molecule has 3 nitrogen and oxygen atoms in total. The Balaban J connectivity index is 1.71. The van der Waals surface area contributed by atoms with E-state index in [1.165, 1.54) is 17.3 Å². The van der Waals surface area contributed by atoms with E-state index in [-0.39, 0.29) is 21.7 Å². The van der Waals surface area contributed by atoms with Crippen molar-refractivity contribution in [2.45, 2.75) is 65.2 Å². The number of carbonyl (C=O) groups excluding carboxylic acids is 3. The van der Waals surface area contributed by atoms with Gasteiger partial charge >= 0.3 is 0 Å². The van der Waals surface area contributed by atoms with Crippen LogP contribution in [0.15, 0.2) is 11.6 Å². The van der Waals surface area contributed by atoms with E-state index in [1.807, 2.05) is 6.08 Å². The molecule has 0 saturated heterocycles. The second-order valence-electron chi connectivity index (χ2n) is 8.91. The predicted molar refractivity (Wildman–Crippen MR) is 99.2 cm³/mol. The van der Waals surface area contributed by atoms with Gasteiger partial charge in [0.25, 0.3) is 0 Å². The Morgan fingerprint density at radius 1 is 1.12 bits per heavy atom. The van der Waals surface area contributed by atoms with Gasteiger partial charge in [-0.1, -0.05) is 24.3 Å². The van der Waals surface area contributed by atoms with Crippen molar-refractivity contribution in [2.24, 2.45) is 28.6 Å². The molecule has 5 atom stereocenters. The molecular formula is C21H28O3S. The molecule has 0 aromatic rings. The number of Topliss-reactive ketones (excluding diaryl/α,β-unsaturated/α-hetero) is 1. The van der Waals surface area contributed by atoms with E-state index >= 15 is 0 Å². The van der Waals surface area contributed by atoms with Crippen molar-refractivity contribution in [3.8, 4) is 0 Å². The van der Waals surface area contributed by atoms with Crippen LogP contribution in [0.1, 0.15) is 65.2 Å². The van der Waals surface area contributed by atoms with Gasteiger partial charge < -0.3 is 0 Å². The highest BCUT2D eigenvalue weighted by molar-refractivity contribution is 8.13. The van der Waals surface area contributed by atoms with E-state index in [0.29, 0.717) is 30.0 Å². The minimum atomic E-state index is -0.109. The normalized spacial score (nSPS) is 43.1. The van der Waals surface area contributed by atoms with Crippen LogP contribution in [0, 0.1) is 28.6 Å². The zero-order valence-corrected chi connectivity index (χ0v) is 16.1. The molecule has 0 aromatic heterocycles. The Labute approximate surface area is 154 Å². The number of fused-ring (bicyclic) bond motifs is 5. The SMILES string of the molecule is CC(=O)SC[C@]12CCC(=O)C=C1CC[C@@H]1[C@@H]2CC[C@]2(C)C(=O)CC[C@@H]12. The van der Waals surface area contributed by atoms with Gasteiger partial charge in [-0.05, 0) is 62.4 Å². The highest BCUT2D eigenvalue weighted by Crippen LogP contribution is 2.65. The van der Waals surface area contributed by atoms with Crippen LogP contribution in [0.5, 0.6) is 0 Å². The van der Waals surface area contributed by atoms with Crippen molar-refractivity contribution in [3.05, 3.63) is 11.6 Å². The van der Waals surface area contributed by atoms with Crippen LogP contribution >= 0.6 is 11.8 Å². The third-order valence-corrected chi connectivity index (χ3v) is 8.99. The van der Waals surface area contributed by atoms with Crippen molar-refractivity contribution >= 4 is 28.4 Å². The summed E-state index contributed by atoms with van der Waals surface area (Å²) in [5, 5.41) is 0.171. The third kappa shape index (κ3) is 2.58. The van der Waals surface area contributed by atoms with E-state index < -0.39 is 0 Å². The van der Waals surface area contributed by atoms with E-state index in [1.54, 1.807) is 6.92 Å². The fourth-order valence-electron chi connectivity index (χ4n) is 6.63. The van der Waals surface area contributed by atoms with E-state index in [0.717, 1.165) is 50.7 Å². The number of allylic oxidation sites excluding steroid dienone is 1. The summed E-state index contributed by atoms with van der Waals surface area (Å²) in [6, 6.07) is 0. The van der Waals surface area contributed by atoms with E-state index in [9.17, 15) is 14.4 Å². The first-order chi connectivity index (χ1) is 11.9. The first kappa shape index (κ1) is 17.5.